The first kappa shape index (κ1) is 13.3. The van der Waals surface area contributed by atoms with Crippen molar-refractivity contribution in [3.63, 3.8) is 0 Å². The van der Waals surface area contributed by atoms with Gasteiger partial charge in [-0.15, -0.1) is 0 Å². The Morgan fingerprint density at radius 3 is 2.85 bits per heavy atom. The maximum absolute atomic E-state index is 12.4. The molecule has 1 saturated carbocycles. The van der Waals surface area contributed by atoms with E-state index in [1.807, 2.05) is 6.07 Å². The number of nitrogens with zero attached hydrogens (tertiary/aromatic N) is 4. The molecule has 6 nitrogen and oxygen atoms in total. The van der Waals surface area contributed by atoms with Gasteiger partial charge in [-0.25, -0.2) is 22.4 Å². The standard InChI is InChI=1S/C13H16N4O2S/c1-16(9-11-5-6-11)20(18,19)12-8-15-17(10-12)13-4-2-3-7-14-13/h2-4,7-8,10-11H,5-6,9H2,1H3. The monoisotopic (exact) mass is 292 g/mol. The van der Waals surface area contributed by atoms with Crippen LogP contribution in [0.1, 0.15) is 12.8 Å². The predicted molar refractivity (Wildman–Crippen MR) is 73.9 cm³/mol. The Morgan fingerprint density at radius 1 is 1.40 bits per heavy atom. The fourth-order valence-electron chi connectivity index (χ4n) is 2.00. The summed E-state index contributed by atoms with van der Waals surface area (Å²) in [5.74, 6) is 1.11. The van der Waals surface area contributed by atoms with Crippen molar-refractivity contribution in [2.24, 2.45) is 5.92 Å². The maximum atomic E-state index is 12.4. The summed E-state index contributed by atoms with van der Waals surface area (Å²) in [7, 11) is -1.84. The average Bonchev–Trinajstić information content (AvgIpc) is 3.11. The fourth-order valence-corrected chi connectivity index (χ4v) is 3.18. The molecule has 3 rings (SSSR count). The lowest BCUT2D eigenvalue weighted by atomic mass is 10.4. The molecule has 2 aromatic rings. The molecule has 1 aliphatic carbocycles. The lowest BCUT2D eigenvalue weighted by Crippen LogP contribution is -2.28. The number of pyridine rings is 1. The molecule has 0 N–H and O–H groups in total. The normalized spacial score (nSPS) is 15.7. The second kappa shape index (κ2) is 4.99. The van der Waals surface area contributed by atoms with E-state index in [0.29, 0.717) is 18.3 Å². The van der Waals surface area contributed by atoms with Gasteiger partial charge >= 0.3 is 0 Å². The minimum atomic E-state index is -3.46. The highest BCUT2D eigenvalue weighted by atomic mass is 32.2. The van der Waals surface area contributed by atoms with Crippen molar-refractivity contribution in [2.75, 3.05) is 13.6 Å². The number of hydrogen-bond acceptors (Lipinski definition) is 4. The van der Waals surface area contributed by atoms with Crippen molar-refractivity contribution < 1.29 is 8.42 Å². The first-order chi connectivity index (χ1) is 9.57. The van der Waals surface area contributed by atoms with Gasteiger partial charge in [0.15, 0.2) is 5.82 Å². The SMILES string of the molecule is CN(CC1CC1)S(=O)(=O)c1cnn(-c2ccccn2)c1. The van der Waals surface area contributed by atoms with Crippen molar-refractivity contribution in [2.45, 2.75) is 17.7 Å². The van der Waals surface area contributed by atoms with Crippen LogP contribution in [0.25, 0.3) is 5.82 Å². The van der Waals surface area contributed by atoms with Crippen LogP contribution < -0.4 is 0 Å². The first-order valence-electron chi connectivity index (χ1n) is 6.50. The van der Waals surface area contributed by atoms with Crippen molar-refractivity contribution >= 4 is 10.0 Å². The van der Waals surface area contributed by atoms with Crippen LogP contribution in [0.3, 0.4) is 0 Å². The van der Waals surface area contributed by atoms with Gasteiger partial charge in [0.1, 0.15) is 4.90 Å². The van der Waals surface area contributed by atoms with Crippen molar-refractivity contribution in [1.29, 1.82) is 0 Å². The zero-order valence-corrected chi connectivity index (χ0v) is 12.0. The van der Waals surface area contributed by atoms with Gasteiger partial charge in [-0.2, -0.15) is 5.10 Å². The first-order valence-corrected chi connectivity index (χ1v) is 7.94. The minimum Gasteiger partial charge on any atom is -0.237 e. The summed E-state index contributed by atoms with van der Waals surface area (Å²) in [6.07, 6.45) is 6.75. The highest BCUT2D eigenvalue weighted by Crippen LogP contribution is 2.30. The van der Waals surface area contributed by atoms with E-state index in [1.54, 1.807) is 25.4 Å². The second-order valence-electron chi connectivity index (χ2n) is 5.04. The van der Waals surface area contributed by atoms with Crippen LogP contribution in [-0.4, -0.2) is 41.1 Å². The maximum Gasteiger partial charge on any atom is 0.245 e. The van der Waals surface area contributed by atoms with Crippen LogP contribution in [-0.2, 0) is 10.0 Å². The Balaban J connectivity index is 1.85. The molecule has 1 fully saturated rings. The highest BCUT2D eigenvalue weighted by Gasteiger charge is 2.29. The largest absolute Gasteiger partial charge is 0.245 e. The zero-order valence-electron chi connectivity index (χ0n) is 11.2. The molecule has 0 aliphatic heterocycles. The van der Waals surface area contributed by atoms with E-state index in [0.717, 1.165) is 12.8 Å². The molecule has 0 saturated heterocycles. The Morgan fingerprint density at radius 2 is 2.20 bits per heavy atom. The molecule has 0 atom stereocenters. The van der Waals surface area contributed by atoms with Gasteiger partial charge in [-0.3, -0.25) is 0 Å². The zero-order chi connectivity index (χ0) is 14.2. The Labute approximate surface area is 118 Å². The van der Waals surface area contributed by atoms with Crippen LogP contribution in [0.2, 0.25) is 0 Å². The Hall–Kier alpha value is -1.73. The third-order valence-corrected chi connectivity index (χ3v) is 5.14. The molecule has 0 amide bonds. The van der Waals surface area contributed by atoms with Crippen molar-refractivity contribution in [3.8, 4) is 5.82 Å². The Kier molecular flexibility index (Phi) is 3.31. The minimum absolute atomic E-state index is 0.200. The molecule has 2 heterocycles. The molecule has 0 aromatic carbocycles. The predicted octanol–water partition coefficient (Wildman–Crippen LogP) is 1.30. The summed E-state index contributed by atoms with van der Waals surface area (Å²) in [5, 5.41) is 4.08. The molecule has 106 valence electrons. The van der Waals surface area contributed by atoms with Crippen LogP contribution >= 0.6 is 0 Å². The van der Waals surface area contributed by atoms with Gasteiger partial charge in [0.2, 0.25) is 10.0 Å². The Bertz CT molecular complexity index is 692. The van der Waals surface area contributed by atoms with E-state index in [9.17, 15) is 8.42 Å². The summed E-state index contributed by atoms with van der Waals surface area (Å²) in [6, 6.07) is 5.41. The van der Waals surface area contributed by atoms with Crippen LogP contribution in [0.5, 0.6) is 0 Å². The molecular formula is C13H16N4O2S. The molecular weight excluding hydrogens is 276 g/mol. The van der Waals surface area contributed by atoms with Crippen molar-refractivity contribution in [3.05, 3.63) is 36.8 Å². The van der Waals surface area contributed by atoms with E-state index in [1.165, 1.54) is 21.4 Å². The van der Waals surface area contributed by atoms with E-state index in [-0.39, 0.29) is 4.90 Å². The van der Waals surface area contributed by atoms with Crippen LogP contribution in [0, 0.1) is 5.92 Å². The topological polar surface area (TPSA) is 68.1 Å². The molecule has 0 radical (unpaired) electrons. The van der Waals surface area contributed by atoms with Gasteiger partial charge in [0.25, 0.3) is 0 Å². The van der Waals surface area contributed by atoms with E-state index in [4.69, 9.17) is 0 Å². The molecule has 0 bridgehead atoms. The van der Waals surface area contributed by atoms with Gasteiger partial charge in [-0.1, -0.05) is 6.07 Å². The summed E-state index contributed by atoms with van der Waals surface area (Å²) in [4.78, 5) is 4.34. The van der Waals surface area contributed by atoms with E-state index >= 15 is 0 Å². The third kappa shape index (κ3) is 2.59. The van der Waals surface area contributed by atoms with Gasteiger partial charge < -0.3 is 0 Å². The summed E-state index contributed by atoms with van der Waals surface area (Å²) in [6.45, 7) is 0.580. The molecule has 7 heteroatoms. The average molecular weight is 292 g/mol. The number of rotatable bonds is 5. The van der Waals surface area contributed by atoms with E-state index < -0.39 is 10.0 Å². The molecule has 2 aromatic heterocycles. The molecule has 0 unspecified atom stereocenters. The van der Waals surface area contributed by atoms with Gasteiger partial charge in [0.05, 0.1) is 12.4 Å². The summed E-state index contributed by atoms with van der Waals surface area (Å²) >= 11 is 0. The lowest BCUT2D eigenvalue weighted by Gasteiger charge is -2.15. The molecule has 20 heavy (non-hydrogen) atoms. The second-order valence-corrected chi connectivity index (χ2v) is 7.08. The van der Waals surface area contributed by atoms with Crippen LogP contribution in [0.4, 0.5) is 0 Å². The highest BCUT2D eigenvalue weighted by molar-refractivity contribution is 7.89. The quantitative estimate of drug-likeness (QED) is 0.833. The number of sulfonamides is 1. The van der Waals surface area contributed by atoms with Crippen LogP contribution in [0.15, 0.2) is 41.7 Å². The smallest absolute Gasteiger partial charge is 0.237 e. The van der Waals surface area contributed by atoms with Gasteiger partial charge in [-0.05, 0) is 30.9 Å². The van der Waals surface area contributed by atoms with E-state index in [2.05, 4.69) is 10.1 Å². The lowest BCUT2D eigenvalue weighted by molar-refractivity contribution is 0.453. The number of hydrogen-bond donors (Lipinski definition) is 0. The van der Waals surface area contributed by atoms with Gasteiger partial charge in [0, 0.05) is 19.8 Å². The summed E-state index contributed by atoms with van der Waals surface area (Å²) < 4.78 is 27.7. The fraction of sp³-hybridized carbons (Fsp3) is 0.385. The number of aromatic nitrogens is 3. The summed E-state index contributed by atoms with van der Waals surface area (Å²) in [5.41, 5.74) is 0. The molecule has 1 aliphatic rings. The molecule has 0 spiro atoms. The third-order valence-electron chi connectivity index (χ3n) is 3.36. The van der Waals surface area contributed by atoms with Crippen molar-refractivity contribution in [1.82, 2.24) is 19.1 Å².